The molecule has 3 N–H and O–H groups in total. The largest absolute Gasteiger partial charge is 0.348 e. The molecule has 1 aromatic rings. The normalized spacial score (nSPS) is 29.2. The van der Waals surface area contributed by atoms with E-state index in [1.165, 1.54) is 30.6 Å². The molecular formula is C17H29Cl2N3OS. The van der Waals surface area contributed by atoms with Crippen molar-refractivity contribution in [3.63, 3.8) is 0 Å². The van der Waals surface area contributed by atoms with E-state index in [0.717, 1.165) is 22.7 Å². The molecule has 0 spiro atoms. The van der Waals surface area contributed by atoms with Crippen LogP contribution in [0.4, 0.5) is 0 Å². The van der Waals surface area contributed by atoms with Gasteiger partial charge in [-0.1, -0.05) is 27.2 Å². The maximum Gasteiger partial charge on any atom is 0.263 e. The Morgan fingerprint density at radius 3 is 2.33 bits per heavy atom. The minimum absolute atomic E-state index is 0. The molecule has 1 amide bonds. The van der Waals surface area contributed by atoms with Crippen LogP contribution < -0.4 is 11.1 Å². The van der Waals surface area contributed by atoms with Gasteiger partial charge < -0.3 is 11.1 Å². The smallest absolute Gasteiger partial charge is 0.263 e. The molecule has 2 aliphatic rings. The summed E-state index contributed by atoms with van der Waals surface area (Å²) in [5, 5.41) is 4.32. The van der Waals surface area contributed by atoms with Gasteiger partial charge in [-0.25, -0.2) is 4.98 Å². The van der Waals surface area contributed by atoms with Crippen molar-refractivity contribution in [1.29, 1.82) is 0 Å². The van der Waals surface area contributed by atoms with Crippen molar-refractivity contribution in [1.82, 2.24) is 10.3 Å². The molecule has 0 radical (unpaired) electrons. The standard InChI is InChI=1S/C17H27N3OS.2ClH/c1-17(2,3)16-19-9-13(22-16)15(21)20-14-10-5-4-6-11(14)8-12(18)7-10;;/h9-12,14H,4-8,18H2,1-3H3,(H,20,21);2*1H. The number of fused-ring (bicyclic) bond motifs is 2. The molecular weight excluding hydrogens is 365 g/mol. The summed E-state index contributed by atoms with van der Waals surface area (Å²) in [6.07, 6.45) is 7.51. The summed E-state index contributed by atoms with van der Waals surface area (Å²) < 4.78 is 0. The van der Waals surface area contributed by atoms with E-state index in [1.807, 2.05) is 0 Å². The molecule has 7 heteroatoms. The predicted molar refractivity (Wildman–Crippen MR) is 105 cm³/mol. The predicted octanol–water partition coefficient (Wildman–Crippen LogP) is 3.92. The monoisotopic (exact) mass is 393 g/mol. The SMILES string of the molecule is CC(C)(C)c1ncc(C(=O)NC2C3CCCC2CC(N)C3)s1.Cl.Cl. The first kappa shape index (κ1) is 21.7. The maximum atomic E-state index is 12.6. The Hall–Kier alpha value is -0.360. The van der Waals surface area contributed by atoms with Crippen LogP contribution in [0.2, 0.25) is 0 Å². The van der Waals surface area contributed by atoms with Crippen LogP contribution in [-0.4, -0.2) is 23.0 Å². The summed E-state index contributed by atoms with van der Waals surface area (Å²) in [6, 6.07) is 0.626. The van der Waals surface area contributed by atoms with Crippen molar-refractivity contribution < 1.29 is 4.79 Å². The second-order valence-corrected chi connectivity index (χ2v) is 8.99. The summed E-state index contributed by atoms with van der Waals surface area (Å²) in [5.41, 5.74) is 6.16. The number of aromatic nitrogens is 1. The third-order valence-electron chi connectivity index (χ3n) is 5.05. The van der Waals surface area contributed by atoms with E-state index in [0.29, 0.717) is 23.9 Å². The number of nitrogens with zero attached hydrogens (tertiary/aromatic N) is 1. The fourth-order valence-corrected chi connectivity index (χ4v) is 4.85. The summed E-state index contributed by atoms with van der Waals surface area (Å²) in [7, 11) is 0. The Bertz CT molecular complexity index is 544. The average Bonchev–Trinajstić information content (AvgIpc) is 2.89. The number of hydrogen-bond donors (Lipinski definition) is 2. The van der Waals surface area contributed by atoms with Gasteiger partial charge in [0.05, 0.1) is 11.2 Å². The fourth-order valence-electron chi connectivity index (χ4n) is 3.97. The van der Waals surface area contributed by atoms with E-state index in [-0.39, 0.29) is 36.1 Å². The average molecular weight is 394 g/mol. The van der Waals surface area contributed by atoms with Gasteiger partial charge in [-0.15, -0.1) is 36.2 Å². The number of hydrogen-bond acceptors (Lipinski definition) is 4. The minimum Gasteiger partial charge on any atom is -0.348 e. The van der Waals surface area contributed by atoms with Crippen molar-refractivity contribution in [3.8, 4) is 0 Å². The first-order chi connectivity index (χ1) is 10.3. The fraction of sp³-hybridized carbons (Fsp3) is 0.765. The molecule has 2 atom stereocenters. The Balaban J connectivity index is 0.00000144. The van der Waals surface area contributed by atoms with Gasteiger partial charge in [-0.05, 0) is 37.5 Å². The highest BCUT2D eigenvalue weighted by molar-refractivity contribution is 7.13. The van der Waals surface area contributed by atoms with Crippen LogP contribution >= 0.6 is 36.2 Å². The zero-order valence-electron chi connectivity index (χ0n) is 14.6. The van der Waals surface area contributed by atoms with E-state index >= 15 is 0 Å². The highest BCUT2D eigenvalue weighted by Gasteiger charge is 2.40. The summed E-state index contributed by atoms with van der Waals surface area (Å²) >= 11 is 1.52. The molecule has 0 saturated heterocycles. The van der Waals surface area contributed by atoms with Gasteiger partial charge in [0.15, 0.2) is 0 Å². The molecule has 2 fully saturated rings. The Morgan fingerprint density at radius 1 is 1.25 bits per heavy atom. The number of amides is 1. The lowest BCUT2D eigenvalue weighted by atomic mass is 9.67. The zero-order valence-corrected chi connectivity index (χ0v) is 17.0. The molecule has 2 unspecified atom stereocenters. The summed E-state index contributed by atoms with van der Waals surface area (Å²) in [4.78, 5) is 17.8. The van der Waals surface area contributed by atoms with E-state index in [9.17, 15) is 4.79 Å². The molecule has 2 bridgehead atoms. The molecule has 138 valence electrons. The van der Waals surface area contributed by atoms with Crippen molar-refractivity contribution in [3.05, 3.63) is 16.1 Å². The molecule has 0 aromatic carbocycles. The van der Waals surface area contributed by atoms with E-state index in [2.05, 4.69) is 31.1 Å². The van der Waals surface area contributed by atoms with E-state index in [4.69, 9.17) is 5.73 Å². The molecule has 24 heavy (non-hydrogen) atoms. The Labute approximate surface area is 161 Å². The third kappa shape index (κ3) is 4.63. The number of rotatable bonds is 2. The summed E-state index contributed by atoms with van der Waals surface area (Å²) in [5.74, 6) is 1.16. The molecule has 1 aromatic heterocycles. The topological polar surface area (TPSA) is 68.0 Å². The number of carbonyl (C=O) groups excluding carboxylic acids is 1. The van der Waals surface area contributed by atoms with Gasteiger partial charge in [0.2, 0.25) is 0 Å². The second kappa shape index (κ2) is 8.35. The van der Waals surface area contributed by atoms with Gasteiger partial charge >= 0.3 is 0 Å². The minimum atomic E-state index is -0.00266. The molecule has 1 heterocycles. The van der Waals surface area contributed by atoms with Crippen molar-refractivity contribution in [2.24, 2.45) is 17.6 Å². The van der Waals surface area contributed by atoms with E-state index in [1.54, 1.807) is 6.20 Å². The number of carbonyl (C=O) groups is 1. The van der Waals surface area contributed by atoms with E-state index < -0.39 is 0 Å². The van der Waals surface area contributed by atoms with Crippen LogP contribution in [0.1, 0.15) is 67.6 Å². The summed E-state index contributed by atoms with van der Waals surface area (Å²) in [6.45, 7) is 6.38. The lowest BCUT2D eigenvalue weighted by Crippen LogP contribution is -2.53. The molecule has 2 aliphatic carbocycles. The van der Waals surface area contributed by atoms with Gasteiger partial charge in [0.1, 0.15) is 4.88 Å². The second-order valence-electron chi connectivity index (χ2n) is 7.96. The lowest BCUT2D eigenvalue weighted by molar-refractivity contribution is 0.0759. The van der Waals surface area contributed by atoms with Crippen molar-refractivity contribution in [2.75, 3.05) is 0 Å². The Morgan fingerprint density at radius 2 is 1.83 bits per heavy atom. The van der Waals surface area contributed by atoms with Crippen LogP contribution in [0.5, 0.6) is 0 Å². The third-order valence-corrected chi connectivity index (χ3v) is 6.47. The molecule has 0 aliphatic heterocycles. The van der Waals surface area contributed by atoms with Gasteiger partial charge in [-0.2, -0.15) is 0 Å². The number of thiazole rings is 1. The number of nitrogens with one attached hydrogen (secondary N) is 1. The van der Waals surface area contributed by atoms with Crippen LogP contribution in [0, 0.1) is 11.8 Å². The molecule has 3 rings (SSSR count). The first-order valence-corrected chi connectivity index (χ1v) is 9.19. The molecule has 4 nitrogen and oxygen atoms in total. The lowest BCUT2D eigenvalue weighted by Gasteiger charge is -2.45. The first-order valence-electron chi connectivity index (χ1n) is 8.37. The van der Waals surface area contributed by atoms with Crippen LogP contribution in [0.15, 0.2) is 6.20 Å². The van der Waals surface area contributed by atoms with Gasteiger partial charge in [0.25, 0.3) is 5.91 Å². The van der Waals surface area contributed by atoms with Crippen LogP contribution in [0.3, 0.4) is 0 Å². The van der Waals surface area contributed by atoms with Crippen molar-refractivity contribution >= 4 is 42.1 Å². The number of nitrogens with two attached hydrogens (primary N) is 1. The van der Waals surface area contributed by atoms with Crippen LogP contribution in [-0.2, 0) is 5.41 Å². The molecule has 2 saturated carbocycles. The zero-order chi connectivity index (χ0) is 15.9. The van der Waals surface area contributed by atoms with Gasteiger partial charge in [-0.3, -0.25) is 4.79 Å². The quantitative estimate of drug-likeness (QED) is 0.799. The maximum absolute atomic E-state index is 12.6. The van der Waals surface area contributed by atoms with Crippen molar-refractivity contribution in [2.45, 2.75) is 70.4 Å². The number of halogens is 2. The van der Waals surface area contributed by atoms with Crippen LogP contribution in [0.25, 0.3) is 0 Å². The van der Waals surface area contributed by atoms with Gasteiger partial charge in [0, 0.05) is 17.5 Å². The highest BCUT2D eigenvalue weighted by atomic mass is 35.5. The highest BCUT2D eigenvalue weighted by Crippen LogP contribution is 2.40. The Kier molecular flexibility index (Phi) is 7.54.